The molecule has 0 N–H and O–H groups in total. The van der Waals surface area contributed by atoms with E-state index in [1.807, 2.05) is 42.5 Å². The molecule has 2 heterocycles. The van der Waals surface area contributed by atoms with Gasteiger partial charge in [0.15, 0.2) is 5.16 Å². The van der Waals surface area contributed by atoms with Crippen LogP contribution in [0.3, 0.4) is 0 Å². The largest absolute Gasteiger partial charge is 0.497 e. The average molecular weight is 397 g/mol. The van der Waals surface area contributed by atoms with Crippen molar-refractivity contribution in [3.05, 3.63) is 76.2 Å². The number of hydrogen-bond acceptors (Lipinski definition) is 5. The van der Waals surface area contributed by atoms with Gasteiger partial charge in [-0.1, -0.05) is 48.2 Å². The number of thioether (sulfide) groups is 2. The summed E-state index contributed by atoms with van der Waals surface area (Å²) in [6.07, 6.45) is 0.849. The van der Waals surface area contributed by atoms with Crippen LogP contribution in [0.2, 0.25) is 0 Å². The molecule has 0 amide bonds. The molecule has 2 aromatic carbocycles. The molecule has 0 unspecified atom stereocenters. The Kier molecular flexibility index (Phi) is 5.27. The first-order chi connectivity index (χ1) is 13.2. The lowest BCUT2D eigenvalue weighted by molar-refractivity contribution is 0.414. The summed E-state index contributed by atoms with van der Waals surface area (Å²) in [5, 5.41) is 0.910. The van der Waals surface area contributed by atoms with Gasteiger partial charge in [-0.05, 0) is 24.6 Å². The molecule has 0 aliphatic carbocycles. The van der Waals surface area contributed by atoms with E-state index in [1.165, 1.54) is 5.56 Å². The lowest BCUT2D eigenvalue weighted by Gasteiger charge is -2.17. The second kappa shape index (κ2) is 7.82. The quantitative estimate of drug-likeness (QED) is 0.460. The Balaban J connectivity index is 1.82. The number of ether oxygens (including phenoxy) is 1. The van der Waals surface area contributed by atoms with E-state index in [1.54, 1.807) is 35.2 Å². The van der Waals surface area contributed by atoms with Crippen molar-refractivity contribution in [2.75, 3.05) is 12.9 Å². The predicted molar refractivity (Wildman–Crippen MR) is 112 cm³/mol. The van der Waals surface area contributed by atoms with E-state index in [0.29, 0.717) is 0 Å². The molecule has 1 aromatic heterocycles. The Morgan fingerprint density at radius 3 is 2.78 bits per heavy atom. The smallest absolute Gasteiger partial charge is 0.272 e. The maximum absolute atomic E-state index is 13.2. The number of methoxy groups -OCH3 is 1. The van der Waals surface area contributed by atoms with Gasteiger partial charge in [0, 0.05) is 23.5 Å². The zero-order valence-electron chi connectivity index (χ0n) is 15.2. The third-order valence-corrected chi connectivity index (χ3v) is 6.75. The van der Waals surface area contributed by atoms with Gasteiger partial charge in [0.2, 0.25) is 0 Å². The van der Waals surface area contributed by atoms with E-state index in [2.05, 4.69) is 19.1 Å². The first kappa shape index (κ1) is 18.2. The second-order valence-corrected chi connectivity index (χ2v) is 8.69. The molecule has 4 rings (SSSR count). The number of aromatic nitrogens is 2. The van der Waals surface area contributed by atoms with E-state index in [0.717, 1.165) is 39.4 Å². The van der Waals surface area contributed by atoms with Crippen LogP contribution in [-0.4, -0.2) is 22.4 Å². The highest BCUT2D eigenvalue weighted by atomic mass is 32.2. The minimum Gasteiger partial charge on any atom is -0.497 e. The molecule has 0 saturated heterocycles. The summed E-state index contributed by atoms with van der Waals surface area (Å²) in [7, 11) is 1.63. The lowest BCUT2D eigenvalue weighted by Crippen LogP contribution is -2.24. The maximum atomic E-state index is 13.2. The maximum Gasteiger partial charge on any atom is 0.272 e. The van der Waals surface area contributed by atoms with Crippen LogP contribution in [0, 0.1) is 0 Å². The van der Waals surface area contributed by atoms with Crippen LogP contribution < -0.4 is 10.3 Å². The van der Waals surface area contributed by atoms with E-state index in [4.69, 9.17) is 9.72 Å². The zero-order valence-corrected chi connectivity index (χ0v) is 16.8. The SMILES string of the molecule is COc1cccc(-n2c(S[C@H](C)c3ccccc3)nc3c(c2=O)SCC3)c1. The Bertz CT molecular complexity index is 1020. The van der Waals surface area contributed by atoms with E-state index < -0.39 is 0 Å². The molecule has 1 aliphatic heterocycles. The molecule has 1 aliphatic rings. The van der Waals surface area contributed by atoms with Gasteiger partial charge >= 0.3 is 0 Å². The molecule has 0 fully saturated rings. The predicted octanol–water partition coefficient (Wildman–Crippen LogP) is 4.74. The van der Waals surface area contributed by atoms with E-state index in [-0.39, 0.29) is 10.8 Å². The van der Waals surface area contributed by atoms with Crippen molar-refractivity contribution < 1.29 is 4.74 Å². The zero-order chi connectivity index (χ0) is 18.8. The minimum absolute atomic E-state index is 0.0125. The van der Waals surface area contributed by atoms with Crippen LogP contribution in [-0.2, 0) is 6.42 Å². The molecule has 3 aromatic rings. The summed E-state index contributed by atoms with van der Waals surface area (Å²) < 4.78 is 7.08. The number of rotatable bonds is 5. The molecule has 1 atom stereocenters. The van der Waals surface area contributed by atoms with E-state index >= 15 is 0 Å². The topological polar surface area (TPSA) is 44.1 Å². The number of fused-ring (bicyclic) bond motifs is 1. The second-order valence-electron chi connectivity index (χ2n) is 6.28. The van der Waals surface area contributed by atoms with Crippen molar-refractivity contribution >= 4 is 23.5 Å². The highest BCUT2D eigenvalue weighted by molar-refractivity contribution is 7.99. The van der Waals surface area contributed by atoms with Crippen molar-refractivity contribution in [3.8, 4) is 11.4 Å². The molecule has 0 spiro atoms. The van der Waals surface area contributed by atoms with Crippen LogP contribution in [0.5, 0.6) is 5.75 Å². The normalized spacial score (nSPS) is 14.0. The summed E-state index contributed by atoms with van der Waals surface area (Å²) >= 11 is 3.21. The summed E-state index contributed by atoms with van der Waals surface area (Å²) in [6, 6.07) is 17.9. The fraction of sp³-hybridized carbons (Fsp3) is 0.238. The van der Waals surface area contributed by atoms with Crippen LogP contribution >= 0.6 is 23.5 Å². The van der Waals surface area contributed by atoms with Gasteiger partial charge in [0.25, 0.3) is 5.56 Å². The summed E-state index contributed by atoms with van der Waals surface area (Å²) in [6.45, 7) is 2.14. The molecule has 0 radical (unpaired) electrons. The van der Waals surface area contributed by atoms with Gasteiger partial charge in [-0.2, -0.15) is 0 Å². The van der Waals surface area contributed by atoms with Gasteiger partial charge in [0.05, 0.1) is 23.4 Å². The van der Waals surface area contributed by atoms with Crippen LogP contribution in [0.4, 0.5) is 0 Å². The Hall–Kier alpha value is -2.18. The van der Waals surface area contributed by atoms with E-state index in [9.17, 15) is 4.79 Å². The van der Waals surface area contributed by atoms with Crippen molar-refractivity contribution in [1.29, 1.82) is 0 Å². The number of aryl methyl sites for hydroxylation is 1. The molecule has 6 heteroatoms. The molecule has 138 valence electrons. The standard InChI is InChI=1S/C21H20N2O2S2/c1-14(15-7-4-3-5-8-15)27-21-22-18-11-12-26-19(18)20(24)23(21)16-9-6-10-17(13-16)25-2/h3-10,13-14H,11-12H2,1-2H3/t14-/m1/s1. The number of nitrogens with zero attached hydrogens (tertiary/aromatic N) is 2. The first-order valence-corrected chi connectivity index (χ1v) is 10.7. The molecule has 27 heavy (non-hydrogen) atoms. The summed E-state index contributed by atoms with van der Waals surface area (Å²) in [4.78, 5) is 18.9. The molecular formula is C21H20N2O2S2. The monoisotopic (exact) mass is 396 g/mol. The third kappa shape index (κ3) is 3.64. The minimum atomic E-state index is 0.0125. The fourth-order valence-corrected chi connectivity index (χ4v) is 5.19. The molecule has 0 bridgehead atoms. The number of hydrogen-bond donors (Lipinski definition) is 0. The lowest BCUT2D eigenvalue weighted by atomic mass is 10.2. The van der Waals surface area contributed by atoms with Gasteiger partial charge in [-0.25, -0.2) is 4.98 Å². The Morgan fingerprint density at radius 1 is 1.19 bits per heavy atom. The Labute approximate surface area is 167 Å². The molecule has 0 saturated carbocycles. The molecule has 4 nitrogen and oxygen atoms in total. The molecular weight excluding hydrogens is 376 g/mol. The van der Waals surface area contributed by atoms with Gasteiger partial charge in [-0.3, -0.25) is 9.36 Å². The van der Waals surface area contributed by atoms with Gasteiger partial charge < -0.3 is 4.74 Å². The highest BCUT2D eigenvalue weighted by Crippen LogP contribution is 2.36. The third-order valence-electron chi connectivity index (χ3n) is 4.53. The van der Waals surface area contributed by atoms with Gasteiger partial charge in [-0.15, -0.1) is 11.8 Å². The van der Waals surface area contributed by atoms with Crippen LogP contribution in [0.25, 0.3) is 5.69 Å². The number of benzene rings is 2. The van der Waals surface area contributed by atoms with Gasteiger partial charge in [0.1, 0.15) is 5.75 Å². The van der Waals surface area contributed by atoms with Crippen LogP contribution in [0.15, 0.2) is 69.4 Å². The first-order valence-electron chi connectivity index (χ1n) is 8.82. The Morgan fingerprint density at radius 2 is 2.00 bits per heavy atom. The fourth-order valence-electron chi connectivity index (χ4n) is 3.10. The van der Waals surface area contributed by atoms with Crippen LogP contribution in [0.1, 0.15) is 23.4 Å². The highest BCUT2D eigenvalue weighted by Gasteiger charge is 2.24. The van der Waals surface area contributed by atoms with Crippen molar-refractivity contribution in [2.45, 2.75) is 28.6 Å². The summed E-state index contributed by atoms with van der Waals surface area (Å²) in [5.41, 5.74) is 2.93. The van der Waals surface area contributed by atoms with Crippen molar-refractivity contribution in [2.24, 2.45) is 0 Å². The van der Waals surface area contributed by atoms with Crippen molar-refractivity contribution in [1.82, 2.24) is 9.55 Å². The average Bonchev–Trinajstić information content (AvgIpc) is 3.18. The van der Waals surface area contributed by atoms with Crippen molar-refractivity contribution in [3.63, 3.8) is 0 Å². The summed E-state index contributed by atoms with van der Waals surface area (Å²) in [5.74, 6) is 1.64.